The van der Waals surface area contributed by atoms with E-state index >= 15 is 0 Å². The van der Waals surface area contributed by atoms with Gasteiger partial charge in [0, 0.05) is 37.4 Å². The Kier molecular flexibility index (Phi) is 6.10. The van der Waals surface area contributed by atoms with Crippen LogP contribution in [0.1, 0.15) is 21.5 Å². The predicted octanol–water partition coefficient (Wildman–Crippen LogP) is 3.09. The second kappa shape index (κ2) is 8.55. The van der Waals surface area contributed by atoms with Gasteiger partial charge < -0.3 is 15.1 Å². The summed E-state index contributed by atoms with van der Waals surface area (Å²) in [7, 11) is 0. The predicted molar refractivity (Wildman–Crippen MR) is 104 cm³/mol. The second-order valence-corrected chi connectivity index (χ2v) is 6.96. The summed E-state index contributed by atoms with van der Waals surface area (Å²) >= 11 is 0. The van der Waals surface area contributed by atoms with E-state index in [1.54, 1.807) is 4.90 Å². The lowest BCUT2D eigenvalue weighted by Crippen LogP contribution is -2.51. The van der Waals surface area contributed by atoms with E-state index in [0.29, 0.717) is 26.2 Å². The second-order valence-electron chi connectivity index (χ2n) is 6.96. The van der Waals surface area contributed by atoms with Crippen molar-refractivity contribution in [2.45, 2.75) is 13.1 Å². The standard InChI is InChI=1S/C21H22F3N3O2/c1-15-3-2-4-18(13-15)26-9-11-27(12-10-26)19(28)14-25-20(29)16-5-7-17(8-6-16)21(22,23)24/h2-8,13H,9-12,14H2,1H3,(H,25,29). The van der Waals surface area contributed by atoms with Gasteiger partial charge in [-0.2, -0.15) is 13.2 Å². The molecule has 0 aromatic heterocycles. The normalized spacial score (nSPS) is 14.6. The number of benzene rings is 2. The summed E-state index contributed by atoms with van der Waals surface area (Å²) in [6.45, 7) is 4.32. The zero-order valence-electron chi connectivity index (χ0n) is 16.0. The van der Waals surface area contributed by atoms with Crippen molar-refractivity contribution in [1.82, 2.24) is 10.2 Å². The summed E-state index contributed by atoms with van der Waals surface area (Å²) in [5.41, 5.74) is 1.55. The van der Waals surface area contributed by atoms with Gasteiger partial charge in [0.15, 0.2) is 0 Å². The van der Waals surface area contributed by atoms with E-state index < -0.39 is 17.6 Å². The van der Waals surface area contributed by atoms with E-state index in [2.05, 4.69) is 16.3 Å². The molecule has 3 rings (SSSR count). The van der Waals surface area contributed by atoms with Crippen molar-refractivity contribution >= 4 is 17.5 Å². The van der Waals surface area contributed by atoms with Crippen molar-refractivity contribution in [3.8, 4) is 0 Å². The summed E-state index contributed by atoms with van der Waals surface area (Å²) < 4.78 is 37.7. The maximum atomic E-state index is 12.6. The molecule has 0 atom stereocenters. The number of halogens is 3. The highest BCUT2D eigenvalue weighted by Crippen LogP contribution is 2.29. The minimum absolute atomic E-state index is 0.0788. The highest BCUT2D eigenvalue weighted by molar-refractivity contribution is 5.96. The number of piperazine rings is 1. The third-order valence-corrected chi connectivity index (χ3v) is 4.87. The maximum absolute atomic E-state index is 12.6. The van der Waals surface area contributed by atoms with E-state index in [1.807, 2.05) is 25.1 Å². The van der Waals surface area contributed by atoms with Crippen molar-refractivity contribution in [2.75, 3.05) is 37.6 Å². The smallest absolute Gasteiger partial charge is 0.368 e. The first-order valence-electron chi connectivity index (χ1n) is 9.29. The highest BCUT2D eigenvalue weighted by Gasteiger charge is 2.30. The molecule has 2 amide bonds. The molecular weight excluding hydrogens is 383 g/mol. The van der Waals surface area contributed by atoms with Gasteiger partial charge >= 0.3 is 6.18 Å². The monoisotopic (exact) mass is 405 g/mol. The van der Waals surface area contributed by atoms with Crippen LogP contribution in [0.15, 0.2) is 48.5 Å². The van der Waals surface area contributed by atoms with Crippen LogP contribution in [0.5, 0.6) is 0 Å². The van der Waals surface area contributed by atoms with Gasteiger partial charge in [-0.25, -0.2) is 0 Å². The molecule has 0 unspecified atom stereocenters. The molecule has 1 N–H and O–H groups in total. The number of carbonyl (C=O) groups is 2. The molecule has 1 aliphatic rings. The average molecular weight is 405 g/mol. The van der Waals surface area contributed by atoms with Crippen molar-refractivity contribution in [1.29, 1.82) is 0 Å². The Bertz CT molecular complexity index is 873. The van der Waals surface area contributed by atoms with Gasteiger partial charge in [0.05, 0.1) is 12.1 Å². The number of amides is 2. The molecule has 1 heterocycles. The molecular formula is C21H22F3N3O2. The molecule has 2 aromatic carbocycles. The van der Waals surface area contributed by atoms with Crippen LogP contribution in [0.4, 0.5) is 18.9 Å². The van der Waals surface area contributed by atoms with Gasteiger partial charge in [0.25, 0.3) is 5.91 Å². The lowest BCUT2D eigenvalue weighted by molar-refractivity contribution is -0.137. The molecule has 1 saturated heterocycles. The van der Waals surface area contributed by atoms with Crippen molar-refractivity contribution in [2.24, 2.45) is 0 Å². The van der Waals surface area contributed by atoms with Crippen molar-refractivity contribution < 1.29 is 22.8 Å². The molecule has 0 saturated carbocycles. The van der Waals surface area contributed by atoms with Crippen LogP contribution in [-0.4, -0.2) is 49.4 Å². The molecule has 154 valence electrons. The Hall–Kier alpha value is -3.03. The number of hydrogen-bond donors (Lipinski definition) is 1. The number of hydrogen-bond acceptors (Lipinski definition) is 3. The summed E-state index contributed by atoms with van der Waals surface area (Å²) in [5.74, 6) is -0.792. The number of rotatable bonds is 4. The highest BCUT2D eigenvalue weighted by atomic mass is 19.4. The van der Waals surface area contributed by atoms with Gasteiger partial charge in [-0.15, -0.1) is 0 Å². The quantitative estimate of drug-likeness (QED) is 0.851. The first kappa shape index (κ1) is 20.7. The molecule has 1 aliphatic heterocycles. The third-order valence-electron chi connectivity index (χ3n) is 4.87. The van der Waals surface area contributed by atoms with Crippen LogP contribution in [0.2, 0.25) is 0 Å². The van der Waals surface area contributed by atoms with Crippen LogP contribution in [-0.2, 0) is 11.0 Å². The molecule has 0 aliphatic carbocycles. The number of nitrogens with one attached hydrogen (secondary N) is 1. The average Bonchev–Trinajstić information content (AvgIpc) is 2.71. The van der Waals surface area contributed by atoms with Crippen LogP contribution in [0.25, 0.3) is 0 Å². The first-order chi connectivity index (χ1) is 13.7. The topological polar surface area (TPSA) is 52.6 Å². The lowest BCUT2D eigenvalue weighted by Gasteiger charge is -2.36. The largest absolute Gasteiger partial charge is 0.416 e. The molecule has 1 fully saturated rings. The Morgan fingerprint density at radius 3 is 2.24 bits per heavy atom. The van der Waals surface area contributed by atoms with Crippen molar-refractivity contribution in [3.63, 3.8) is 0 Å². The minimum atomic E-state index is -4.45. The minimum Gasteiger partial charge on any atom is -0.368 e. The molecule has 5 nitrogen and oxygen atoms in total. The van der Waals surface area contributed by atoms with E-state index in [9.17, 15) is 22.8 Å². The number of carbonyl (C=O) groups excluding carboxylic acids is 2. The van der Waals surface area contributed by atoms with Crippen LogP contribution < -0.4 is 10.2 Å². The van der Waals surface area contributed by atoms with Gasteiger partial charge in [-0.1, -0.05) is 12.1 Å². The molecule has 29 heavy (non-hydrogen) atoms. The van der Waals surface area contributed by atoms with Crippen LogP contribution in [0.3, 0.4) is 0 Å². The zero-order chi connectivity index (χ0) is 21.0. The summed E-state index contributed by atoms with van der Waals surface area (Å²) in [6, 6.07) is 12.1. The Balaban J connectivity index is 1.48. The van der Waals surface area contributed by atoms with Crippen LogP contribution in [0, 0.1) is 6.92 Å². The lowest BCUT2D eigenvalue weighted by atomic mass is 10.1. The number of alkyl halides is 3. The van der Waals surface area contributed by atoms with E-state index in [4.69, 9.17) is 0 Å². The Morgan fingerprint density at radius 1 is 1.00 bits per heavy atom. The molecule has 0 radical (unpaired) electrons. The zero-order valence-corrected chi connectivity index (χ0v) is 16.0. The van der Waals surface area contributed by atoms with Gasteiger partial charge in [-0.3, -0.25) is 9.59 Å². The van der Waals surface area contributed by atoms with Crippen LogP contribution >= 0.6 is 0 Å². The summed E-state index contributed by atoms with van der Waals surface area (Å²) in [4.78, 5) is 28.3. The number of nitrogens with zero attached hydrogens (tertiary/aromatic N) is 2. The maximum Gasteiger partial charge on any atom is 0.416 e. The van der Waals surface area contributed by atoms with Gasteiger partial charge in [0.2, 0.25) is 5.91 Å². The third kappa shape index (κ3) is 5.28. The van der Waals surface area contributed by atoms with Gasteiger partial charge in [-0.05, 0) is 48.9 Å². The van der Waals surface area contributed by atoms with E-state index in [-0.39, 0.29) is 18.0 Å². The molecule has 0 spiro atoms. The molecule has 2 aromatic rings. The molecule has 0 bridgehead atoms. The first-order valence-corrected chi connectivity index (χ1v) is 9.29. The summed E-state index contributed by atoms with van der Waals surface area (Å²) in [6.07, 6.45) is -4.45. The fourth-order valence-electron chi connectivity index (χ4n) is 3.22. The van der Waals surface area contributed by atoms with Crippen molar-refractivity contribution in [3.05, 3.63) is 65.2 Å². The van der Waals surface area contributed by atoms with E-state index in [1.165, 1.54) is 5.56 Å². The Labute approximate surface area is 167 Å². The van der Waals surface area contributed by atoms with E-state index in [0.717, 1.165) is 30.0 Å². The fraction of sp³-hybridized carbons (Fsp3) is 0.333. The number of anilines is 1. The Morgan fingerprint density at radius 2 is 1.66 bits per heavy atom. The molecule has 8 heteroatoms. The summed E-state index contributed by atoms with van der Waals surface area (Å²) in [5, 5.41) is 2.48. The van der Waals surface area contributed by atoms with Gasteiger partial charge in [0.1, 0.15) is 0 Å². The SMILES string of the molecule is Cc1cccc(N2CCN(C(=O)CNC(=O)c3ccc(C(F)(F)F)cc3)CC2)c1. The fourth-order valence-corrected chi connectivity index (χ4v) is 3.22. The number of aryl methyl sites for hydroxylation is 1.